The number of aryl methyl sites for hydroxylation is 2. The van der Waals surface area contributed by atoms with Crippen LogP contribution in [0, 0.1) is 0 Å². The number of thiophene rings is 1. The van der Waals surface area contributed by atoms with E-state index in [1.54, 1.807) is 12.1 Å². The molecule has 2 aromatic rings. The largest absolute Gasteiger partial charge is 0.347 e. The number of sulfonamides is 1. The predicted octanol–water partition coefficient (Wildman–Crippen LogP) is 2.47. The first kappa shape index (κ1) is 17.1. The van der Waals surface area contributed by atoms with E-state index in [9.17, 15) is 13.2 Å². The maximum Gasteiger partial charge on any atom is 0.251 e. The second-order valence-electron chi connectivity index (χ2n) is 5.80. The molecule has 0 spiro atoms. The Morgan fingerprint density at radius 1 is 1.12 bits per heavy atom. The van der Waals surface area contributed by atoms with Crippen LogP contribution in [-0.4, -0.2) is 21.4 Å². The fraction of sp³-hybridized carbons (Fsp3) is 0.353. The average Bonchev–Trinajstić information content (AvgIpc) is 3.09. The maximum atomic E-state index is 12.3. The van der Waals surface area contributed by atoms with Crippen molar-refractivity contribution in [2.45, 2.75) is 36.4 Å². The van der Waals surface area contributed by atoms with Gasteiger partial charge in [0, 0.05) is 10.4 Å². The first-order valence-electron chi connectivity index (χ1n) is 7.92. The first-order valence-corrected chi connectivity index (χ1v) is 10.2. The minimum atomic E-state index is -3.42. The molecule has 0 unspecified atom stereocenters. The lowest BCUT2D eigenvalue weighted by Gasteiger charge is -2.16. The van der Waals surface area contributed by atoms with Crippen molar-refractivity contribution in [3.8, 4) is 0 Å². The molecule has 0 saturated heterocycles. The number of carbonyl (C=O) groups excluding carboxylic acids is 1. The minimum absolute atomic E-state index is 0.130. The third kappa shape index (κ3) is 3.68. The number of nitrogens with one attached hydrogen (secondary N) is 2. The van der Waals surface area contributed by atoms with Crippen molar-refractivity contribution < 1.29 is 13.2 Å². The Kier molecular flexibility index (Phi) is 5.03. The van der Waals surface area contributed by atoms with E-state index in [2.05, 4.69) is 10.0 Å². The normalized spacial score (nSPS) is 14.2. The monoisotopic (exact) mass is 364 g/mol. The first-order chi connectivity index (χ1) is 11.5. The fourth-order valence-electron chi connectivity index (χ4n) is 2.84. The Balaban J connectivity index is 1.66. The van der Waals surface area contributed by atoms with Crippen LogP contribution < -0.4 is 10.0 Å². The van der Waals surface area contributed by atoms with Crippen LogP contribution in [0.15, 0.2) is 34.5 Å². The number of carbonyl (C=O) groups is 1. The van der Waals surface area contributed by atoms with E-state index in [-0.39, 0.29) is 10.1 Å². The molecule has 1 heterocycles. The van der Waals surface area contributed by atoms with Gasteiger partial charge in [0.1, 0.15) is 4.21 Å². The van der Waals surface area contributed by atoms with E-state index in [4.69, 9.17) is 0 Å². The summed E-state index contributed by atoms with van der Waals surface area (Å²) >= 11 is 1.16. The zero-order valence-corrected chi connectivity index (χ0v) is 15.1. The van der Waals surface area contributed by atoms with E-state index >= 15 is 0 Å². The molecule has 128 valence electrons. The highest BCUT2D eigenvalue weighted by atomic mass is 32.2. The van der Waals surface area contributed by atoms with Gasteiger partial charge in [0.05, 0.1) is 6.54 Å². The number of hydrogen-bond donors (Lipinski definition) is 2. The molecule has 0 radical (unpaired) electrons. The summed E-state index contributed by atoms with van der Waals surface area (Å²) in [6.45, 7) is 0.319. The van der Waals surface area contributed by atoms with Crippen LogP contribution in [0.1, 0.15) is 39.2 Å². The zero-order valence-electron chi connectivity index (χ0n) is 13.5. The summed E-state index contributed by atoms with van der Waals surface area (Å²) in [4.78, 5) is 13.1. The van der Waals surface area contributed by atoms with E-state index in [0.29, 0.717) is 12.1 Å². The van der Waals surface area contributed by atoms with Crippen molar-refractivity contribution in [3.63, 3.8) is 0 Å². The Hall–Kier alpha value is -1.70. The van der Waals surface area contributed by atoms with E-state index in [1.165, 1.54) is 31.0 Å². The molecule has 0 fully saturated rings. The Bertz CT molecular complexity index is 856. The van der Waals surface area contributed by atoms with Gasteiger partial charge in [-0.25, -0.2) is 13.1 Å². The lowest BCUT2D eigenvalue weighted by atomic mass is 9.90. The summed E-state index contributed by atoms with van der Waals surface area (Å²) in [7, 11) is -2.04. The summed E-state index contributed by atoms with van der Waals surface area (Å²) in [6, 6.07) is 9.17. The highest BCUT2D eigenvalue weighted by Crippen LogP contribution is 2.23. The van der Waals surface area contributed by atoms with Crippen molar-refractivity contribution in [1.29, 1.82) is 0 Å². The summed E-state index contributed by atoms with van der Waals surface area (Å²) < 4.78 is 26.0. The quantitative estimate of drug-likeness (QED) is 0.856. The SMILES string of the molecule is CNS(=O)(=O)c1ccc(CNC(=O)c2ccc3c(c2)CCCC3)s1. The number of hydrogen-bond acceptors (Lipinski definition) is 4. The summed E-state index contributed by atoms with van der Waals surface area (Å²) in [5.74, 6) is -0.130. The Morgan fingerprint density at radius 2 is 1.88 bits per heavy atom. The molecule has 1 amide bonds. The molecule has 0 aliphatic heterocycles. The van der Waals surface area contributed by atoms with Crippen molar-refractivity contribution in [2.75, 3.05) is 7.05 Å². The lowest BCUT2D eigenvalue weighted by molar-refractivity contribution is 0.0951. The smallest absolute Gasteiger partial charge is 0.251 e. The van der Waals surface area contributed by atoms with Crippen LogP contribution >= 0.6 is 11.3 Å². The molecule has 2 N–H and O–H groups in total. The molecule has 7 heteroatoms. The van der Waals surface area contributed by atoms with Gasteiger partial charge in [-0.05, 0) is 68.1 Å². The number of fused-ring (bicyclic) bond motifs is 1. The summed E-state index contributed by atoms with van der Waals surface area (Å²) in [5.41, 5.74) is 3.28. The van der Waals surface area contributed by atoms with Gasteiger partial charge in [0.2, 0.25) is 10.0 Å². The van der Waals surface area contributed by atoms with Crippen molar-refractivity contribution in [1.82, 2.24) is 10.0 Å². The third-order valence-electron chi connectivity index (χ3n) is 4.20. The van der Waals surface area contributed by atoms with Gasteiger partial charge in [-0.3, -0.25) is 4.79 Å². The zero-order chi connectivity index (χ0) is 17.2. The lowest BCUT2D eigenvalue weighted by Crippen LogP contribution is -2.22. The summed E-state index contributed by atoms with van der Waals surface area (Å²) in [6.07, 6.45) is 4.52. The number of amides is 1. The fourth-order valence-corrected chi connectivity index (χ4v) is 4.98. The average molecular weight is 364 g/mol. The second-order valence-corrected chi connectivity index (χ2v) is 9.08. The summed E-state index contributed by atoms with van der Waals surface area (Å²) in [5, 5.41) is 2.86. The van der Waals surface area contributed by atoms with Crippen LogP contribution in [0.3, 0.4) is 0 Å². The standard InChI is InChI=1S/C17H20N2O3S2/c1-18-24(21,22)16-9-8-15(23-16)11-19-17(20)14-7-6-12-4-2-3-5-13(12)10-14/h6-10,18H,2-5,11H2,1H3,(H,19,20). The molecule has 24 heavy (non-hydrogen) atoms. The molecule has 0 saturated carbocycles. The van der Waals surface area contributed by atoms with Gasteiger partial charge in [-0.15, -0.1) is 11.3 Å². The van der Waals surface area contributed by atoms with E-state index in [1.807, 2.05) is 18.2 Å². The van der Waals surface area contributed by atoms with Crippen LogP contribution in [0.5, 0.6) is 0 Å². The van der Waals surface area contributed by atoms with E-state index < -0.39 is 10.0 Å². The van der Waals surface area contributed by atoms with Crippen molar-refractivity contribution >= 4 is 27.3 Å². The van der Waals surface area contributed by atoms with Crippen LogP contribution in [-0.2, 0) is 29.4 Å². The molecular weight excluding hydrogens is 344 g/mol. The topological polar surface area (TPSA) is 75.3 Å². The van der Waals surface area contributed by atoms with Crippen molar-refractivity contribution in [2.24, 2.45) is 0 Å². The molecule has 0 atom stereocenters. The third-order valence-corrected chi connectivity index (χ3v) is 7.20. The number of benzene rings is 1. The molecule has 1 aliphatic carbocycles. The molecule has 5 nitrogen and oxygen atoms in total. The van der Waals surface area contributed by atoms with Crippen LogP contribution in [0.25, 0.3) is 0 Å². The predicted molar refractivity (Wildman–Crippen MR) is 94.8 cm³/mol. The van der Waals surface area contributed by atoms with E-state index in [0.717, 1.165) is 29.1 Å². The van der Waals surface area contributed by atoms with Crippen molar-refractivity contribution in [3.05, 3.63) is 51.9 Å². The molecule has 1 aromatic carbocycles. The highest BCUT2D eigenvalue weighted by Gasteiger charge is 2.16. The van der Waals surface area contributed by atoms with Gasteiger partial charge in [-0.2, -0.15) is 0 Å². The Labute approximate surface area is 146 Å². The second kappa shape index (κ2) is 7.04. The van der Waals surface area contributed by atoms with Gasteiger partial charge in [0.15, 0.2) is 0 Å². The van der Waals surface area contributed by atoms with Gasteiger partial charge >= 0.3 is 0 Å². The molecular formula is C17H20N2O3S2. The van der Waals surface area contributed by atoms with Crippen LogP contribution in [0.2, 0.25) is 0 Å². The number of rotatable bonds is 5. The minimum Gasteiger partial charge on any atom is -0.347 e. The van der Waals surface area contributed by atoms with Crippen LogP contribution in [0.4, 0.5) is 0 Å². The molecule has 1 aliphatic rings. The molecule has 3 rings (SSSR count). The maximum absolute atomic E-state index is 12.3. The molecule has 0 bridgehead atoms. The van der Waals surface area contributed by atoms with Gasteiger partial charge in [0.25, 0.3) is 5.91 Å². The highest BCUT2D eigenvalue weighted by molar-refractivity contribution is 7.91. The van der Waals surface area contributed by atoms with Gasteiger partial charge in [-0.1, -0.05) is 6.07 Å². The van der Waals surface area contributed by atoms with Gasteiger partial charge < -0.3 is 5.32 Å². The molecule has 1 aromatic heterocycles. The Morgan fingerprint density at radius 3 is 2.62 bits per heavy atom.